The molecule has 0 radical (unpaired) electrons. The van der Waals surface area contributed by atoms with Crippen molar-refractivity contribution in [1.82, 2.24) is 0 Å². The lowest BCUT2D eigenvalue weighted by atomic mass is 10.1. The average molecular weight is 210 g/mol. The minimum atomic E-state index is -0.980. The van der Waals surface area contributed by atoms with E-state index in [2.05, 4.69) is 0 Å². The maximum absolute atomic E-state index is 11.4. The van der Waals surface area contributed by atoms with E-state index in [4.69, 9.17) is 10.8 Å². The van der Waals surface area contributed by atoms with Crippen LogP contribution in [0.5, 0.6) is 0 Å². The van der Waals surface area contributed by atoms with Gasteiger partial charge in [-0.2, -0.15) is 0 Å². The molecule has 0 aliphatic heterocycles. The summed E-state index contributed by atoms with van der Waals surface area (Å²) in [7, 11) is 0. The molecular weight excluding hydrogens is 200 g/mol. The van der Waals surface area contributed by atoms with Crippen molar-refractivity contribution in [2.45, 2.75) is 6.04 Å². The van der Waals surface area contributed by atoms with E-state index in [0.717, 1.165) is 0 Å². The molecule has 0 amide bonds. The van der Waals surface area contributed by atoms with Crippen molar-refractivity contribution in [3.8, 4) is 0 Å². The number of nitrogens with two attached hydrogens (primary N) is 1. The number of aliphatic hydroxyl groups is 1. The van der Waals surface area contributed by atoms with E-state index in [9.17, 15) is 14.9 Å². The van der Waals surface area contributed by atoms with Gasteiger partial charge in [0.05, 0.1) is 17.6 Å². The van der Waals surface area contributed by atoms with Crippen molar-refractivity contribution in [3.63, 3.8) is 0 Å². The van der Waals surface area contributed by atoms with E-state index in [1.807, 2.05) is 0 Å². The number of non-ortho nitro benzene ring substituents is 1. The van der Waals surface area contributed by atoms with Gasteiger partial charge in [-0.3, -0.25) is 14.9 Å². The second-order valence-electron chi connectivity index (χ2n) is 2.96. The molecule has 1 unspecified atom stereocenters. The molecule has 0 spiro atoms. The number of nitro groups is 1. The van der Waals surface area contributed by atoms with Gasteiger partial charge in [0.15, 0.2) is 5.78 Å². The molecule has 0 aromatic heterocycles. The van der Waals surface area contributed by atoms with E-state index >= 15 is 0 Å². The predicted molar refractivity (Wildman–Crippen MR) is 52.5 cm³/mol. The molecule has 0 saturated heterocycles. The fraction of sp³-hybridized carbons (Fsp3) is 0.222. The minimum Gasteiger partial charge on any atom is -0.394 e. The maximum Gasteiger partial charge on any atom is 0.269 e. The first-order valence-electron chi connectivity index (χ1n) is 4.21. The zero-order chi connectivity index (χ0) is 11.4. The van der Waals surface area contributed by atoms with E-state index in [-0.39, 0.29) is 11.3 Å². The van der Waals surface area contributed by atoms with Gasteiger partial charge in [0.2, 0.25) is 0 Å². The Kier molecular flexibility index (Phi) is 3.48. The van der Waals surface area contributed by atoms with Crippen molar-refractivity contribution in [2.24, 2.45) is 5.73 Å². The molecule has 15 heavy (non-hydrogen) atoms. The highest BCUT2D eigenvalue weighted by atomic mass is 16.6. The zero-order valence-electron chi connectivity index (χ0n) is 7.79. The second kappa shape index (κ2) is 4.63. The highest BCUT2D eigenvalue weighted by Crippen LogP contribution is 2.12. The summed E-state index contributed by atoms with van der Waals surface area (Å²) in [6, 6.07) is 4.09. The van der Waals surface area contributed by atoms with Gasteiger partial charge < -0.3 is 10.8 Å². The van der Waals surface area contributed by atoms with Crippen LogP contribution in [0, 0.1) is 10.1 Å². The van der Waals surface area contributed by atoms with Crippen LogP contribution in [-0.2, 0) is 0 Å². The van der Waals surface area contributed by atoms with Crippen LogP contribution in [-0.4, -0.2) is 28.5 Å². The third-order valence-corrected chi connectivity index (χ3v) is 1.90. The quantitative estimate of drug-likeness (QED) is 0.416. The number of hydrogen-bond acceptors (Lipinski definition) is 5. The van der Waals surface area contributed by atoms with Crippen molar-refractivity contribution < 1.29 is 14.8 Å². The molecule has 1 aromatic carbocycles. The summed E-state index contributed by atoms with van der Waals surface area (Å²) in [5, 5.41) is 19.0. The van der Waals surface area contributed by atoms with Gasteiger partial charge in [0.1, 0.15) is 0 Å². The highest BCUT2D eigenvalue weighted by Gasteiger charge is 2.15. The first-order chi connectivity index (χ1) is 7.06. The van der Waals surface area contributed by atoms with Crippen LogP contribution in [0.3, 0.4) is 0 Å². The highest BCUT2D eigenvalue weighted by molar-refractivity contribution is 6.00. The molecule has 0 aliphatic rings. The molecule has 6 nitrogen and oxygen atoms in total. The number of hydrogen-bond donors (Lipinski definition) is 2. The van der Waals surface area contributed by atoms with Crippen LogP contribution in [0.15, 0.2) is 24.3 Å². The molecule has 80 valence electrons. The van der Waals surface area contributed by atoms with E-state index in [0.29, 0.717) is 0 Å². The first-order valence-corrected chi connectivity index (χ1v) is 4.21. The van der Waals surface area contributed by atoms with Crippen LogP contribution in [0.25, 0.3) is 0 Å². The van der Waals surface area contributed by atoms with Gasteiger partial charge in [-0.15, -0.1) is 0 Å². The summed E-state index contributed by atoms with van der Waals surface area (Å²) in [4.78, 5) is 21.2. The van der Waals surface area contributed by atoms with Crippen molar-refractivity contribution >= 4 is 11.5 Å². The van der Waals surface area contributed by atoms with Gasteiger partial charge >= 0.3 is 0 Å². The Balaban J connectivity index is 2.89. The number of ketones is 1. The normalized spacial score (nSPS) is 12.1. The van der Waals surface area contributed by atoms with Crippen LogP contribution >= 0.6 is 0 Å². The molecule has 6 heteroatoms. The number of Topliss-reactive ketones (excluding diaryl/α,β-unsaturated/α-hetero) is 1. The zero-order valence-corrected chi connectivity index (χ0v) is 7.79. The van der Waals surface area contributed by atoms with Gasteiger partial charge in [-0.05, 0) is 12.1 Å². The topological polar surface area (TPSA) is 106 Å². The largest absolute Gasteiger partial charge is 0.394 e. The minimum absolute atomic E-state index is 0.0934. The molecule has 0 heterocycles. The van der Waals surface area contributed by atoms with Crippen LogP contribution in [0.1, 0.15) is 10.4 Å². The molecule has 0 saturated carbocycles. The maximum atomic E-state index is 11.4. The van der Waals surface area contributed by atoms with Gasteiger partial charge in [-0.25, -0.2) is 0 Å². The molecule has 0 bridgehead atoms. The Hall–Kier alpha value is -1.79. The SMILES string of the molecule is NC(CO)C(=O)c1ccc([N+](=O)[O-])cc1. The lowest BCUT2D eigenvalue weighted by molar-refractivity contribution is -0.384. The smallest absolute Gasteiger partial charge is 0.269 e. The van der Waals surface area contributed by atoms with Crippen molar-refractivity contribution in [3.05, 3.63) is 39.9 Å². The van der Waals surface area contributed by atoms with Crippen LogP contribution < -0.4 is 5.73 Å². The van der Waals surface area contributed by atoms with E-state index < -0.39 is 23.4 Å². The summed E-state index contributed by atoms with van der Waals surface area (Å²) >= 11 is 0. The summed E-state index contributed by atoms with van der Waals surface area (Å²) in [5.74, 6) is -0.438. The number of benzene rings is 1. The standard InChI is InChI=1S/C9H10N2O4/c10-8(5-12)9(13)6-1-3-7(4-2-6)11(14)15/h1-4,8,12H,5,10H2. The van der Waals surface area contributed by atoms with Crippen LogP contribution in [0.2, 0.25) is 0 Å². The van der Waals surface area contributed by atoms with Gasteiger partial charge in [-0.1, -0.05) is 0 Å². The third-order valence-electron chi connectivity index (χ3n) is 1.90. The van der Waals surface area contributed by atoms with Crippen LogP contribution in [0.4, 0.5) is 5.69 Å². The Morgan fingerprint density at radius 1 is 1.47 bits per heavy atom. The molecule has 1 aromatic rings. The summed E-state index contributed by atoms with van der Waals surface area (Å²) < 4.78 is 0. The average Bonchev–Trinajstić information content (AvgIpc) is 2.27. The molecule has 1 atom stereocenters. The molecule has 1 rings (SSSR count). The van der Waals surface area contributed by atoms with Crippen molar-refractivity contribution in [1.29, 1.82) is 0 Å². The fourth-order valence-electron chi connectivity index (χ4n) is 1.04. The van der Waals surface area contributed by atoms with E-state index in [1.54, 1.807) is 0 Å². The lowest BCUT2D eigenvalue weighted by Gasteiger charge is -2.05. The first kappa shape index (κ1) is 11.3. The Labute approximate surface area is 85.5 Å². The Morgan fingerprint density at radius 2 is 2.00 bits per heavy atom. The predicted octanol–water partition coefficient (Wildman–Crippen LogP) is 0.0971. The molecule has 0 aliphatic carbocycles. The molecule has 3 N–H and O–H groups in total. The number of carbonyl (C=O) groups is 1. The van der Waals surface area contributed by atoms with E-state index in [1.165, 1.54) is 24.3 Å². The number of carbonyl (C=O) groups excluding carboxylic acids is 1. The monoisotopic (exact) mass is 210 g/mol. The number of nitro benzene ring substituents is 1. The second-order valence-corrected chi connectivity index (χ2v) is 2.96. The van der Waals surface area contributed by atoms with Gasteiger partial charge in [0, 0.05) is 17.7 Å². The third kappa shape index (κ3) is 2.58. The summed E-state index contributed by atoms with van der Waals surface area (Å²) in [6.07, 6.45) is 0. The fourth-order valence-corrected chi connectivity index (χ4v) is 1.04. The lowest BCUT2D eigenvalue weighted by Crippen LogP contribution is -2.33. The van der Waals surface area contributed by atoms with Gasteiger partial charge in [0.25, 0.3) is 5.69 Å². The Bertz CT molecular complexity index is 374. The summed E-state index contributed by atoms with van der Waals surface area (Å²) in [6.45, 7) is -0.449. The molecular formula is C9H10N2O4. The number of nitrogens with zero attached hydrogens (tertiary/aromatic N) is 1. The molecule has 0 fully saturated rings. The number of rotatable bonds is 4. The summed E-state index contributed by atoms with van der Waals surface area (Å²) in [5.41, 5.74) is 5.47. The Morgan fingerprint density at radius 3 is 2.40 bits per heavy atom. The van der Waals surface area contributed by atoms with Crippen molar-refractivity contribution in [2.75, 3.05) is 6.61 Å². The number of aliphatic hydroxyl groups excluding tert-OH is 1.